The molecule has 2 heterocycles. The lowest BCUT2D eigenvalue weighted by Crippen LogP contribution is -2.53. The summed E-state index contributed by atoms with van der Waals surface area (Å²) in [5.41, 5.74) is 9.61. The van der Waals surface area contributed by atoms with Crippen LogP contribution in [0.3, 0.4) is 0 Å². The van der Waals surface area contributed by atoms with Gasteiger partial charge in [0, 0.05) is 51.0 Å². The highest BCUT2D eigenvalue weighted by Gasteiger charge is 2.27. The van der Waals surface area contributed by atoms with Crippen LogP contribution in [0, 0.1) is 0 Å². The molecule has 1 aromatic carbocycles. The number of anilines is 1. The standard InChI is InChI=1S/C15H24N4/c1-17-5-6-18(2)15(10-17)11-19-8-12-3-4-14(16)7-13(12)9-19/h3-4,7,15H,5-6,8-11,16H2,1-2H3. The molecule has 104 valence electrons. The highest BCUT2D eigenvalue weighted by molar-refractivity contribution is 5.46. The molecule has 0 amide bonds. The Morgan fingerprint density at radius 1 is 1.16 bits per heavy atom. The number of nitrogen functional groups attached to an aromatic ring is 1. The van der Waals surface area contributed by atoms with Crippen molar-refractivity contribution >= 4 is 5.69 Å². The Morgan fingerprint density at radius 3 is 2.79 bits per heavy atom. The van der Waals surface area contributed by atoms with Gasteiger partial charge in [-0.25, -0.2) is 0 Å². The van der Waals surface area contributed by atoms with Crippen LogP contribution in [-0.2, 0) is 13.1 Å². The van der Waals surface area contributed by atoms with Crippen LogP contribution in [0.15, 0.2) is 18.2 Å². The van der Waals surface area contributed by atoms with Gasteiger partial charge in [0.1, 0.15) is 0 Å². The Labute approximate surface area is 115 Å². The van der Waals surface area contributed by atoms with E-state index in [1.807, 2.05) is 6.07 Å². The third-order valence-electron chi connectivity index (χ3n) is 4.47. The largest absolute Gasteiger partial charge is 0.399 e. The van der Waals surface area contributed by atoms with E-state index < -0.39 is 0 Å². The molecule has 4 heteroatoms. The Kier molecular flexibility index (Phi) is 3.48. The third kappa shape index (κ3) is 2.76. The highest BCUT2D eigenvalue weighted by atomic mass is 15.3. The number of hydrogen-bond donors (Lipinski definition) is 1. The summed E-state index contributed by atoms with van der Waals surface area (Å²) in [7, 11) is 4.47. The second kappa shape index (κ2) is 5.12. The lowest BCUT2D eigenvalue weighted by atomic mass is 10.1. The summed E-state index contributed by atoms with van der Waals surface area (Å²) in [6.07, 6.45) is 0. The molecule has 4 nitrogen and oxygen atoms in total. The smallest absolute Gasteiger partial charge is 0.0348 e. The fourth-order valence-electron chi connectivity index (χ4n) is 3.21. The molecule has 0 aromatic heterocycles. The average Bonchev–Trinajstić information content (AvgIpc) is 2.75. The van der Waals surface area contributed by atoms with Gasteiger partial charge in [0.15, 0.2) is 0 Å². The van der Waals surface area contributed by atoms with E-state index in [9.17, 15) is 0 Å². The first kappa shape index (κ1) is 12.9. The van der Waals surface area contributed by atoms with Crippen molar-refractivity contribution in [3.05, 3.63) is 29.3 Å². The van der Waals surface area contributed by atoms with Crippen molar-refractivity contribution in [3.63, 3.8) is 0 Å². The van der Waals surface area contributed by atoms with E-state index in [-0.39, 0.29) is 0 Å². The molecule has 19 heavy (non-hydrogen) atoms. The molecule has 1 saturated heterocycles. The predicted octanol–water partition coefficient (Wildman–Crippen LogP) is 0.830. The van der Waals surface area contributed by atoms with E-state index in [4.69, 9.17) is 5.73 Å². The molecule has 2 aliphatic rings. The summed E-state index contributed by atoms with van der Waals surface area (Å²) in [5.74, 6) is 0. The SMILES string of the molecule is CN1CCN(C)C(CN2Cc3ccc(N)cc3C2)C1. The summed E-state index contributed by atoms with van der Waals surface area (Å²) in [5, 5.41) is 0. The summed E-state index contributed by atoms with van der Waals surface area (Å²) < 4.78 is 0. The summed E-state index contributed by atoms with van der Waals surface area (Å²) >= 11 is 0. The molecule has 0 spiro atoms. The quantitative estimate of drug-likeness (QED) is 0.799. The first-order chi connectivity index (χ1) is 9.11. The monoisotopic (exact) mass is 260 g/mol. The number of piperazine rings is 1. The van der Waals surface area contributed by atoms with Crippen LogP contribution < -0.4 is 5.73 Å². The Morgan fingerprint density at radius 2 is 1.95 bits per heavy atom. The van der Waals surface area contributed by atoms with Crippen molar-refractivity contribution in [2.24, 2.45) is 0 Å². The zero-order valence-corrected chi connectivity index (χ0v) is 12.0. The van der Waals surface area contributed by atoms with E-state index in [1.165, 1.54) is 30.8 Å². The van der Waals surface area contributed by atoms with Gasteiger partial charge in [0.2, 0.25) is 0 Å². The van der Waals surface area contributed by atoms with E-state index in [1.54, 1.807) is 0 Å². The fraction of sp³-hybridized carbons (Fsp3) is 0.600. The van der Waals surface area contributed by atoms with Gasteiger partial charge in [-0.05, 0) is 37.4 Å². The van der Waals surface area contributed by atoms with Crippen molar-refractivity contribution in [1.29, 1.82) is 0 Å². The van der Waals surface area contributed by atoms with Crippen molar-refractivity contribution in [2.45, 2.75) is 19.1 Å². The molecule has 3 rings (SSSR count). The molecule has 0 radical (unpaired) electrons. The molecular formula is C15H24N4. The second-order valence-corrected chi connectivity index (χ2v) is 6.09. The first-order valence-electron chi connectivity index (χ1n) is 7.10. The minimum Gasteiger partial charge on any atom is -0.399 e. The number of benzene rings is 1. The number of nitrogens with two attached hydrogens (primary N) is 1. The van der Waals surface area contributed by atoms with E-state index in [2.05, 4.69) is 40.9 Å². The first-order valence-corrected chi connectivity index (χ1v) is 7.10. The summed E-state index contributed by atoms with van der Waals surface area (Å²) in [6.45, 7) is 6.80. The maximum atomic E-state index is 5.87. The van der Waals surface area contributed by atoms with Crippen LogP contribution in [0.25, 0.3) is 0 Å². The molecule has 0 bridgehead atoms. The summed E-state index contributed by atoms with van der Waals surface area (Å²) in [6, 6.07) is 6.97. The van der Waals surface area contributed by atoms with Crippen LogP contribution in [0.1, 0.15) is 11.1 Å². The Balaban J connectivity index is 1.63. The van der Waals surface area contributed by atoms with E-state index in [0.29, 0.717) is 6.04 Å². The van der Waals surface area contributed by atoms with Gasteiger partial charge in [0.05, 0.1) is 0 Å². The number of likely N-dealkylation sites (N-methyl/N-ethyl adjacent to an activating group) is 2. The number of nitrogens with zero attached hydrogens (tertiary/aromatic N) is 3. The van der Waals surface area contributed by atoms with Crippen molar-refractivity contribution in [3.8, 4) is 0 Å². The van der Waals surface area contributed by atoms with Gasteiger partial charge < -0.3 is 10.6 Å². The van der Waals surface area contributed by atoms with Gasteiger partial charge >= 0.3 is 0 Å². The predicted molar refractivity (Wildman–Crippen MR) is 78.9 cm³/mol. The van der Waals surface area contributed by atoms with Crippen LogP contribution >= 0.6 is 0 Å². The average molecular weight is 260 g/mol. The Bertz CT molecular complexity index is 459. The van der Waals surface area contributed by atoms with Crippen LogP contribution in [0.5, 0.6) is 0 Å². The molecule has 1 atom stereocenters. The zero-order valence-electron chi connectivity index (χ0n) is 12.0. The number of hydrogen-bond acceptors (Lipinski definition) is 4. The normalized spacial score (nSPS) is 25.7. The number of fused-ring (bicyclic) bond motifs is 1. The highest BCUT2D eigenvalue weighted by Crippen LogP contribution is 2.25. The molecule has 2 N–H and O–H groups in total. The van der Waals surface area contributed by atoms with E-state index >= 15 is 0 Å². The van der Waals surface area contributed by atoms with Crippen LogP contribution in [-0.4, -0.2) is 61.0 Å². The van der Waals surface area contributed by atoms with Gasteiger partial charge in [-0.3, -0.25) is 9.80 Å². The molecule has 1 fully saturated rings. The minimum atomic E-state index is 0.644. The van der Waals surface area contributed by atoms with Gasteiger partial charge in [0.25, 0.3) is 0 Å². The van der Waals surface area contributed by atoms with Crippen molar-refractivity contribution in [2.75, 3.05) is 46.0 Å². The Hall–Kier alpha value is -1.10. The second-order valence-electron chi connectivity index (χ2n) is 6.09. The molecule has 0 saturated carbocycles. The van der Waals surface area contributed by atoms with E-state index in [0.717, 1.165) is 25.3 Å². The molecule has 1 unspecified atom stereocenters. The van der Waals surface area contributed by atoms with Gasteiger partial charge in [-0.2, -0.15) is 0 Å². The maximum absolute atomic E-state index is 5.87. The maximum Gasteiger partial charge on any atom is 0.0348 e. The van der Waals surface area contributed by atoms with Gasteiger partial charge in [-0.1, -0.05) is 6.07 Å². The van der Waals surface area contributed by atoms with Crippen molar-refractivity contribution < 1.29 is 0 Å². The van der Waals surface area contributed by atoms with Crippen molar-refractivity contribution in [1.82, 2.24) is 14.7 Å². The fourth-order valence-corrected chi connectivity index (χ4v) is 3.21. The molecule has 1 aromatic rings. The molecular weight excluding hydrogens is 236 g/mol. The minimum absolute atomic E-state index is 0.644. The van der Waals surface area contributed by atoms with Crippen LogP contribution in [0.2, 0.25) is 0 Å². The topological polar surface area (TPSA) is 35.7 Å². The number of rotatable bonds is 2. The summed E-state index contributed by atoms with van der Waals surface area (Å²) in [4.78, 5) is 7.48. The van der Waals surface area contributed by atoms with Crippen LogP contribution in [0.4, 0.5) is 5.69 Å². The molecule has 2 aliphatic heterocycles. The van der Waals surface area contributed by atoms with Gasteiger partial charge in [-0.15, -0.1) is 0 Å². The third-order valence-corrected chi connectivity index (χ3v) is 4.47. The lowest BCUT2D eigenvalue weighted by molar-refractivity contribution is 0.0816. The molecule has 0 aliphatic carbocycles. The lowest BCUT2D eigenvalue weighted by Gasteiger charge is -2.39. The zero-order chi connectivity index (χ0) is 13.4.